The lowest BCUT2D eigenvalue weighted by Gasteiger charge is -2.26. The lowest BCUT2D eigenvalue weighted by molar-refractivity contribution is 0.221. The van der Waals surface area contributed by atoms with Crippen molar-refractivity contribution < 1.29 is 4.74 Å². The fourth-order valence-electron chi connectivity index (χ4n) is 3.87. The van der Waals surface area contributed by atoms with Crippen LogP contribution in [-0.4, -0.2) is 29.9 Å². The number of likely N-dealkylation sites (tertiary alicyclic amines) is 1. The van der Waals surface area contributed by atoms with Crippen LogP contribution >= 0.6 is 15.9 Å². The molecule has 27 heavy (non-hydrogen) atoms. The zero-order chi connectivity index (χ0) is 19.0. The Kier molecular flexibility index (Phi) is 13.0. The SMILES string of the molecule is BrCCCCCCCCCCCCOc1ccc(CN2CCCCC2)cc1. The summed E-state index contributed by atoms with van der Waals surface area (Å²) in [4.78, 5) is 2.57. The Balaban J connectivity index is 1.43. The molecule has 0 saturated carbocycles. The van der Waals surface area contributed by atoms with Gasteiger partial charge in [-0.2, -0.15) is 0 Å². The van der Waals surface area contributed by atoms with E-state index < -0.39 is 0 Å². The molecule has 0 N–H and O–H groups in total. The normalized spacial score (nSPS) is 15.1. The lowest BCUT2D eigenvalue weighted by atomic mass is 10.1. The van der Waals surface area contributed by atoms with Crippen LogP contribution in [0.25, 0.3) is 0 Å². The predicted molar refractivity (Wildman–Crippen MR) is 121 cm³/mol. The van der Waals surface area contributed by atoms with Gasteiger partial charge in [0.1, 0.15) is 5.75 Å². The summed E-state index contributed by atoms with van der Waals surface area (Å²) in [6, 6.07) is 8.77. The molecule has 2 rings (SSSR count). The minimum Gasteiger partial charge on any atom is -0.494 e. The van der Waals surface area contributed by atoms with Crippen LogP contribution in [0.1, 0.15) is 89.0 Å². The molecule has 3 heteroatoms. The van der Waals surface area contributed by atoms with Crippen molar-refractivity contribution in [3.63, 3.8) is 0 Å². The van der Waals surface area contributed by atoms with E-state index in [1.54, 1.807) is 0 Å². The number of alkyl halides is 1. The topological polar surface area (TPSA) is 12.5 Å². The standard InChI is InChI=1S/C24H40BrNO/c25-18-10-7-5-3-1-2-4-6-8-13-21-27-24-16-14-23(15-17-24)22-26-19-11-9-12-20-26/h14-17H,1-13,18-22H2. The van der Waals surface area contributed by atoms with Gasteiger partial charge in [0.2, 0.25) is 0 Å². The molecule has 1 fully saturated rings. The second-order valence-electron chi connectivity index (χ2n) is 8.05. The van der Waals surface area contributed by atoms with E-state index in [9.17, 15) is 0 Å². The van der Waals surface area contributed by atoms with Crippen LogP contribution in [0.5, 0.6) is 5.75 Å². The Morgan fingerprint density at radius 1 is 0.704 bits per heavy atom. The first-order chi connectivity index (χ1) is 13.4. The molecular weight excluding hydrogens is 398 g/mol. The van der Waals surface area contributed by atoms with E-state index in [0.717, 1.165) is 24.2 Å². The molecule has 154 valence electrons. The molecule has 1 aliphatic heterocycles. The van der Waals surface area contributed by atoms with Gasteiger partial charge in [0, 0.05) is 11.9 Å². The van der Waals surface area contributed by atoms with Crippen LogP contribution in [0.3, 0.4) is 0 Å². The third-order valence-corrected chi connectivity index (χ3v) is 6.14. The van der Waals surface area contributed by atoms with E-state index >= 15 is 0 Å². The highest BCUT2D eigenvalue weighted by Gasteiger charge is 2.10. The number of hydrogen-bond donors (Lipinski definition) is 0. The lowest BCUT2D eigenvalue weighted by Crippen LogP contribution is -2.28. The van der Waals surface area contributed by atoms with Crippen LogP contribution in [0.2, 0.25) is 0 Å². The number of piperidine rings is 1. The molecule has 0 amide bonds. The maximum Gasteiger partial charge on any atom is 0.119 e. The predicted octanol–water partition coefficient (Wildman–Crippen LogP) is 7.35. The highest BCUT2D eigenvalue weighted by atomic mass is 79.9. The molecule has 0 aliphatic carbocycles. The summed E-state index contributed by atoms with van der Waals surface area (Å²) in [5, 5.41) is 1.16. The molecule has 0 spiro atoms. The van der Waals surface area contributed by atoms with Crippen LogP contribution in [-0.2, 0) is 6.54 Å². The summed E-state index contributed by atoms with van der Waals surface area (Å²) >= 11 is 3.50. The zero-order valence-corrected chi connectivity index (χ0v) is 18.9. The van der Waals surface area contributed by atoms with Crippen molar-refractivity contribution in [2.45, 2.75) is 90.0 Å². The number of halogens is 1. The van der Waals surface area contributed by atoms with Crippen molar-refractivity contribution >= 4 is 15.9 Å². The quantitative estimate of drug-likeness (QED) is 0.210. The van der Waals surface area contributed by atoms with Gasteiger partial charge in [-0.15, -0.1) is 0 Å². The summed E-state index contributed by atoms with van der Waals surface area (Å²) in [5.74, 6) is 1.03. The highest BCUT2D eigenvalue weighted by Crippen LogP contribution is 2.17. The average Bonchev–Trinajstić information content (AvgIpc) is 2.71. The number of benzene rings is 1. The van der Waals surface area contributed by atoms with Crippen molar-refractivity contribution in [2.24, 2.45) is 0 Å². The largest absolute Gasteiger partial charge is 0.494 e. The maximum absolute atomic E-state index is 5.92. The van der Waals surface area contributed by atoms with Crippen LogP contribution in [0.15, 0.2) is 24.3 Å². The first-order valence-electron chi connectivity index (χ1n) is 11.4. The average molecular weight is 438 g/mol. The van der Waals surface area contributed by atoms with Gasteiger partial charge in [-0.05, 0) is 56.5 Å². The molecule has 0 bridgehead atoms. The monoisotopic (exact) mass is 437 g/mol. The Hall–Kier alpha value is -0.540. The summed E-state index contributed by atoms with van der Waals surface area (Å²) in [6.45, 7) is 4.47. The summed E-state index contributed by atoms with van der Waals surface area (Å²) in [6.07, 6.45) is 17.7. The van der Waals surface area contributed by atoms with Crippen molar-refractivity contribution in [3.8, 4) is 5.75 Å². The highest BCUT2D eigenvalue weighted by molar-refractivity contribution is 9.09. The third kappa shape index (κ3) is 11.1. The van der Waals surface area contributed by atoms with Crippen molar-refractivity contribution in [1.29, 1.82) is 0 Å². The second-order valence-corrected chi connectivity index (χ2v) is 8.85. The van der Waals surface area contributed by atoms with Crippen molar-refractivity contribution in [2.75, 3.05) is 25.0 Å². The molecule has 1 heterocycles. The van der Waals surface area contributed by atoms with Gasteiger partial charge in [-0.1, -0.05) is 85.9 Å². The molecular formula is C24H40BrNO. The van der Waals surface area contributed by atoms with E-state index in [0.29, 0.717) is 0 Å². The number of ether oxygens (including phenoxy) is 1. The molecule has 1 aliphatic rings. The van der Waals surface area contributed by atoms with Crippen molar-refractivity contribution in [3.05, 3.63) is 29.8 Å². The van der Waals surface area contributed by atoms with Gasteiger partial charge < -0.3 is 4.74 Å². The maximum atomic E-state index is 5.92. The van der Waals surface area contributed by atoms with Gasteiger partial charge in [0.15, 0.2) is 0 Å². The third-order valence-electron chi connectivity index (χ3n) is 5.57. The molecule has 0 aromatic heterocycles. The van der Waals surface area contributed by atoms with Gasteiger partial charge >= 0.3 is 0 Å². The van der Waals surface area contributed by atoms with Crippen LogP contribution < -0.4 is 4.74 Å². The Bertz CT molecular complexity index is 456. The summed E-state index contributed by atoms with van der Waals surface area (Å²) in [7, 11) is 0. The minimum absolute atomic E-state index is 0.859. The molecule has 1 aromatic rings. The fraction of sp³-hybridized carbons (Fsp3) is 0.750. The minimum atomic E-state index is 0.859. The summed E-state index contributed by atoms with van der Waals surface area (Å²) in [5.41, 5.74) is 1.41. The first kappa shape index (κ1) is 22.7. The number of rotatable bonds is 15. The molecule has 0 unspecified atom stereocenters. The van der Waals surface area contributed by atoms with E-state index in [1.165, 1.54) is 102 Å². The van der Waals surface area contributed by atoms with Crippen LogP contribution in [0, 0.1) is 0 Å². The molecule has 2 nitrogen and oxygen atoms in total. The molecule has 1 aromatic carbocycles. The van der Waals surface area contributed by atoms with Gasteiger partial charge in [-0.25, -0.2) is 0 Å². The Morgan fingerprint density at radius 2 is 1.26 bits per heavy atom. The van der Waals surface area contributed by atoms with E-state index in [2.05, 4.69) is 45.1 Å². The van der Waals surface area contributed by atoms with Gasteiger partial charge in [-0.3, -0.25) is 4.90 Å². The van der Waals surface area contributed by atoms with E-state index in [4.69, 9.17) is 4.74 Å². The molecule has 0 atom stereocenters. The zero-order valence-electron chi connectivity index (χ0n) is 17.3. The smallest absolute Gasteiger partial charge is 0.119 e. The first-order valence-corrected chi connectivity index (χ1v) is 12.5. The second kappa shape index (κ2) is 15.4. The van der Waals surface area contributed by atoms with Gasteiger partial charge in [0.05, 0.1) is 6.61 Å². The molecule has 1 saturated heterocycles. The molecule has 0 radical (unpaired) electrons. The van der Waals surface area contributed by atoms with Crippen LogP contribution in [0.4, 0.5) is 0 Å². The van der Waals surface area contributed by atoms with Gasteiger partial charge in [0.25, 0.3) is 0 Å². The Labute approximate surface area is 176 Å². The van der Waals surface area contributed by atoms with E-state index in [-0.39, 0.29) is 0 Å². The van der Waals surface area contributed by atoms with E-state index in [1.807, 2.05) is 0 Å². The van der Waals surface area contributed by atoms with Crippen molar-refractivity contribution in [1.82, 2.24) is 4.90 Å². The summed E-state index contributed by atoms with van der Waals surface area (Å²) < 4.78 is 5.92. The number of nitrogens with zero attached hydrogens (tertiary/aromatic N) is 1. The fourth-order valence-corrected chi connectivity index (χ4v) is 4.26. The Morgan fingerprint density at radius 3 is 1.85 bits per heavy atom. The number of hydrogen-bond acceptors (Lipinski definition) is 2. The number of unbranched alkanes of at least 4 members (excludes halogenated alkanes) is 9.